The number of amides is 2. The first-order valence-electron chi connectivity index (χ1n) is 7.99. The SMILES string of the molecule is C=CCNC(=O)c1ccnc(N2CCN(C(=O)c3ccco3)CC2)n1. The molecule has 0 unspecified atom stereocenters. The van der Waals surface area contributed by atoms with E-state index < -0.39 is 0 Å². The minimum atomic E-state index is -0.268. The molecule has 8 nitrogen and oxygen atoms in total. The molecule has 3 heterocycles. The second-order valence-electron chi connectivity index (χ2n) is 5.50. The summed E-state index contributed by atoms with van der Waals surface area (Å²) in [4.78, 5) is 36.5. The predicted molar refractivity (Wildman–Crippen MR) is 91.4 cm³/mol. The third kappa shape index (κ3) is 3.85. The summed E-state index contributed by atoms with van der Waals surface area (Å²) in [5, 5.41) is 2.69. The van der Waals surface area contributed by atoms with Crippen LogP contribution in [0.1, 0.15) is 21.0 Å². The van der Waals surface area contributed by atoms with Gasteiger partial charge >= 0.3 is 0 Å². The Morgan fingerprint density at radius 1 is 1.28 bits per heavy atom. The van der Waals surface area contributed by atoms with E-state index in [4.69, 9.17) is 4.42 Å². The van der Waals surface area contributed by atoms with Crippen LogP contribution in [0.3, 0.4) is 0 Å². The molecule has 25 heavy (non-hydrogen) atoms. The number of anilines is 1. The normalized spacial score (nSPS) is 14.2. The van der Waals surface area contributed by atoms with E-state index in [9.17, 15) is 9.59 Å². The van der Waals surface area contributed by atoms with Crippen molar-refractivity contribution in [2.45, 2.75) is 0 Å². The number of piperazine rings is 1. The molecule has 2 aromatic rings. The molecular weight excluding hydrogens is 322 g/mol. The molecule has 1 aliphatic heterocycles. The Hall–Kier alpha value is -3.16. The fraction of sp³-hybridized carbons (Fsp3) is 0.294. The van der Waals surface area contributed by atoms with Crippen molar-refractivity contribution in [2.24, 2.45) is 0 Å². The average Bonchev–Trinajstić information content (AvgIpc) is 3.20. The Labute approximate surface area is 145 Å². The second-order valence-corrected chi connectivity index (χ2v) is 5.50. The Morgan fingerprint density at radius 3 is 2.76 bits per heavy atom. The molecule has 1 saturated heterocycles. The highest BCUT2D eigenvalue weighted by atomic mass is 16.3. The molecule has 2 amide bonds. The minimum absolute atomic E-state index is 0.122. The summed E-state index contributed by atoms with van der Waals surface area (Å²) in [6.45, 7) is 6.19. The van der Waals surface area contributed by atoms with Gasteiger partial charge in [0.2, 0.25) is 5.95 Å². The molecule has 2 aromatic heterocycles. The van der Waals surface area contributed by atoms with Crippen LogP contribution in [0.5, 0.6) is 0 Å². The van der Waals surface area contributed by atoms with Crippen molar-refractivity contribution in [1.29, 1.82) is 0 Å². The molecule has 0 radical (unpaired) electrons. The number of hydrogen-bond acceptors (Lipinski definition) is 6. The van der Waals surface area contributed by atoms with Crippen molar-refractivity contribution in [2.75, 3.05) is 37.6 Å². The van der Waals surface area contributed by atoms with Crippen LogP contribution in [-0.2, 0) is 0 Å². The maximum Gasteiger partial charge on any atom is 0.289 e. The van der Waals surface area contributed by atoms with Crippen LogP contribution in [-0.4, -0.2) is 59.4 Å². The molecule has 3 rings (SSSR count). The lowest BCUT2D eigenvalue weighted by molar-refractivity contribution is 0.0714. The average molecular weight is 341 g/mol. The fourth-order valence-electron chi connectivity index (χ4n) is 2.55. The lowest BCUT2D eigenvalue weighted by atomic mass is 10.3. The lowest BCUT2D eigenvalue weighted by Gasteiger charge is -2.34. The monoisotopic (exact) mass is 341 g/mol. The lowest BCUT2D eigenvalue weighted by Crippen LogP contribution is -2.49. The zero-order valence-electron chi connectivity index (χ0n) is 13.7. The summed E-state index contributed by atoms with van der Waals surface area (Å²) in [5.41, 5.74) is 0.306. The van der Waals surface area contributed by atoms with Gasteiger partial charge in [-0.05, 0) is 18.2 Å². The number of aromatic nitrogens is 2. The van der Waals surface area contributed by atoms with Crippen LogP contribution >= 0.6 is 0 Å². The molecular formula is C17H19N5O3. The van der Waals surface area contributed by atoms with Gasteiger partial charge in [-0.25, -0.2) is 9.97 Å². The molecule has 0 saturated carbocycles. The molecule has 0 atom stereocenters. The standard InChI is InChI=1S/C17H19N5O3/c1-2-6-18-15(23)13-5-7-19-17(20-13)22-10-8-21(9-11-22)16(24)14-4-3-12-25-14/h2-5,7,12H,1,6,8-11H2,(H,18,23). The van der Waals surface area contributed by atoms with Gasteiger partial charge in [0.1, 0.15) is 5.69 Å². The molecule has 0 aromatic carbocycles. The molecule has 0 spiro atoms. The van der Waals surface area contributed by atoms with Crippen LogP contribution in [0.2, 0.25) is 0 Å². The number of furan rings is 1. The Balaban J connectivity index is 1.62. The topological polar surface area (TPSA) is 91.6 Å². The number of hydrogen-bond donors (Lipinski definition) is 1. The molecule has 1 N–H and O–H groups in total. The first-order chi connectivity index (χ1) is 12.2. The van der Waals surface area contributed by atoms with Gasteiger partial charge in [0.05, 0.1) is 6.26 Å². The Bertz CT molecular complexity index is 751. The summed E-state index contributed by atoms with van der Waals surface area (Å²) in [6.07, 6.45) is 4.65. The van der Waals surface area contributed by atoms with Crippen molar-refractivity contribution in [1.82, 2.24) is 20.2 Å². The number of nitrogens with zero attached hydrogens (tertiary/aromatic N) is 4. The Kier molecular flexibility index (Phi) is 5.08. The molecule has 0 bridgehead atoms. The van der Waals surface area contributed by atoms with E-state index in [1.165, 1.54) is 6.26 Å². The highest BCUT2D eigenvalue weighted by Crippen LogP contribution is 2.14. The Morgan fingerprint density at radius 2 is 2.08 bits per heavy atom. The van der Waals surface area contributed by atoms with Crippen LogP contribution in [0.4, 0.5) is 5.95 Å². The van der Waals surface area contributed by atoms with E-state index in [1.807, 2.05) is 4.90 Å². The van der Waals surface area contributed by atoms with Crippen LogP contribution < -0.4 is 10.2 Å². The van der Waals surface area contributed by atoms with Gasteiger partial charge in [-0.3, -0.25) is 9.59 Å². The van der Waals surface area contributed by atoms with Crippen molar-refractivity contribution in [3.05, 3.63) is 54.8 Å². The summed E-state index contributed by atoms with van der Waals surface area (Å²) in [7, 11) is 0. The van der Waals surface area contributed by atoms with Crippen LogP contribution in [0, 0.1) is 0 Å². The van der Waals surface area contributed by atoms with Gasteiger partial charge in [0.25, 0.3) is 11.8 Å². The summed E-state index contributed by atoms with van der Waals surface area (Å²) in [5.74, 6) is 0.431. The third-order valence-corrected chi connectivity index (χ3v) is 3.86. The van der Waals surface area contributed by atoms with Gasteiger partial charge in [-0.1, -0.05) is 6.08 Å². The third-order valence-electron chi connectivity index (χ3n) is 3.86. The quantitative estimate of drug-likeness (QED) is 0.814. The zero-order valence-corrected chi connectivity index (χ0v) is 13.7. The van der Waals surface area contributed by atoms with E-state index in [0.29, 0.717) is 50.1 Å². The molecule has 8 heteroatoms. The number of rotatable bonds is 5. The summed E-state index contributed by atoms with van der Waals surface area (Å²) in [6, 6.07) is 4.92. The highest BCUT2D eigenvalue weighted by Gasteiger charge is 2.25. The van der Waals surface area contributed by atoms with Crippen molar-refractivity contribution in [3.8, 4) is 0 Å². The predicted octanol–water partition coefficient (Wildman–Crippen LogP) is 0.948. The van der Waals surface area contributed by atoms with E-state index in [0.717, 1.165) is 0 Å². The van der Waals surface area contributed by atoms with E-state index >= 15 is 0 Å². The zero-order chi connectivity index (χ0) is 17.6. The molecule has 0 aliphatic carbocycles. The van der Waals surface area contributed by atoms with Crippen LogP contribution in [0.15, 0.2) is 47.7 Å². The number of carbonyl (C=O) groups excluding carboxylic acids is 2. The largest absolute Gasteiger partial charge is 0.459 e. The summed E-state index contributed by atoms with van der Waals surface area (Å²) >= 11 is 0. The number of nitrogens with one attached hydrogen (secondary N) is 1. The van der Waals surface area contributed by atoms with Crippen molar-refractivity contribution < 1.29 is 14.0 Å². The first kappa shape index (κ1) is 16.7. The first-order valence-corrected chi connectivity index (χ1v) is 7.99. The molecule has 1 fully saturated rings. The van der Waals surface area contributed by atoms with Crippen LogP contribution in [0.25, 0.3) is 0 Å². The van der Waals surface area contributed by atoms with Gasteiger partial charge in [-0.2, -0.15) is 0 Å². The van der Waals surface area contributed by atoms with E-state index in [1.54, 1.807) is 35.4 Å². The van der Waals surface area contributed by atoms with Gasteiger partial charge in [0, 0.05) is 38.9 Å². The molecule has 1 aliphatic rings. The smallest absolute Gasteiger partial charge is 0.289 e. The van der Waals surface area contributed by atoms with Gasteiger partial charge < -0.3 is 19.5 Å². The van der Waals surface area contributed by atoms with Crippen molar-refractivity contribution >= 4 is 17.8 Å². The maximum absolute atomic E-state index is 12.3. The number of carbonyl (C=O) groups is 2. The second kappa shape index (κ2) is 7.61. The minimum Gasteiger partial charge on any atom is -0.459 e. The van der Waals surface area contributed by atoms with E-state index in [2.05, 4.69) is 21.9 Å². The molecule has 130 valence electrons. The maximum atomic E-state index is 12.3. The summed E-state index contributed by atoms with van der Waals surface area (Å²) < 4.78 is 5.15. The fourth-order valence-corrected chi connectivity index (χ4v) is 2.55. The van der Waals surface area contributed by atoms with Gasteiger partial charge in [0.15, 0.2) is 5.76 Å². The van der Waals surface area contributed by atoms with Crippen molar-refractivity contribution in [3.63, 3.8) is 0 Å². The van der Waals surface area contributed by atoms with E-state index in [-0.39, 0.29) is 11.8 Å². The van der Waals surface area contributed by atoms with Gasteiger partial charge in [-0.15, -0.1) is 6.58 Å². The highest BCUT2D eigenvalue weighted by molar-refractivity contribution is 5.92.